The molecule has 3 nitrogen and oxygen atoms in total. The summed E-state index contributed by atoms with van der Waals surface area (Å²) in [5, 5.41) is 7.87. The predicted octanol–water partition coefficient (Wildman–Crippen LogP) is 31.0. The van der Waals surface area contributed by atoms with Gasteiger partial charge in [-0.3, -0.25) is 0 Å². The van der Waals surface area contributed by atoms with Gasteiger partial charge in [0.2, 0.25) is 0 Å². The fourth-order valence-electron chi connectivity index (χ4n) is 22.0. The number of benzene rings is 17. The van der Waals surface area contributed by atoms with E-state index in [1.807, 2.05) is 0 Å². The van der Waals surface area contributed by atoms with Crippen LogP contribution in [0.2, 0.25) is 0 Å². The first kappa shape index (κ1) is 89.3. The molecular weight excluding hydrogens is 1640 g/mol. The highest BCUT2D eigenvalue weighted by molar-refractivity contribution is 7.20. The van der Waals surface area contributed by atoms with Gasteiger partial charge in [0.05, 0.1) is 22.4 Å². The van der Waals surface area contributed by atoms with Crippen LogP contribution in [0.15, 0.2) is 382 Å². The zero-order chi connectivity index (χ0) is 94.4. The molecule has 3 heterocycles. The minimum absolute atomic E-state index is 0.0970. The van der Waals surface area contributed by atoms with Gasteiger partial charge in [0, 0.05) is 61.5 Å². The zero-order valence-electron chi connectivity index (χ0n) is 82.8. The second kappa shape index (κ2) is 33.5. The lowest BCUT2D eigenvalue weighted by molar-refractivity contribution is 0.571. The fraction of sp³-hybridized carbons (Fsp3) is 0.215. The molecule has 135 heavy (non-hydrogen) atoms. The smallest absolute Gasteiger partial charge is 0.252 e. The molecule has 0 atom stereocenters. The highest BCUT2D eigenvalue weighted by Crippen LogP contribution is 2.58. The Labute approximate surface area is 804 Å². The maximum atomic E-state index is 2.80. The van der Waals surface area contributed by atoms with Crippen LogP contribution >= 0.6 is 0 Å². The summed E-state index contributed by atoms with van der Waals surface area (Å²) in [6, 6.07) is 149. The monoisotopic (exact) mass is 1770 g/mol. The van der Waals surface area contributed by atoms with Crippen molar-refractivity contribution in [2.75, 3.05) is 9.80 Å². The van der Waals surface area contributed by atoms with Gasteiger partial charge in [-0.2, -0.15) is 0 Å². The summed E-state index contributed by atoms with van der Waals surface area (Å²) in [6.07, 6.45) is 0. The third kappa shape index (κ3) is 15.8. The van der Waals surface area contributed by atoms with Crippen molar-refractivity contribution in [3.63, 3.8) is 0 Å². The first-order valence-electron chi connectivity index (χ1n) is 48.7. The quantitative estimate of drug-likeness (QED) is 0.0794. The lowest BCUT2D eigenvalue weighted by Gasteiger charge is -2.46. The Kier molecular flexibility index (Phi) is 22.2. The van der Waals surface area contributed by atoms with Gasteiger partial charge in [-0.05, 0) is 248 Å². The SMILES string of the molecule is CC(C)(C)c1cc2c3c(c1)N(c1c(-c4ccccc4)cc(-c4c(C(C)(C)C)cccc4C(C)(C)C)cc1-c1ccccc1)c1cc(-n4c5ccc(C(C)(C)C)cc5c5cc(C(C)(C)C)ccc54)ccc1B3c1cc(-c3ccc([Si](c4ccccc4)(c4ccccc4)c4ccccc4)cc3)ccc1N2c1c(-c2ccccc2)cc(-c2c(C(C)(C)C)cccc2C(C)(C)C)cc1-c1ccccc1. The van der Waals surface area contributed by atoms with Crippen LogP contribution in [0, 0.1) is 0 Å². The molecule has 0 amide bonds. The molecule has 17 aromatic carbocycles. The summed E-state index contributed by atoms with van der Waals surface area (Å²) in [4.78, 5) is 5.57. The van der Waals surface area contributed by atoms with Crippen LogP contribution in [0.3, 0.4) is 0 Å². The standard InChI is InChI=1S/C130H126BN3Si/c1-124(2,3)93-66-73-113-105(80-93)106-81-94(125(4,5)6)67-74-114(106)132(113)96-68-71-111-116(84-96)134(123-103(88-49-33-24-34-50-88)77-92(78-104(123)89-51-35-25-36-52-89)120-109(129(16,17)18)61-44-62-110(120)130(19,20)21)118-83-95(126(7,8)9)82-117-121(118)131(111)112-79-90(85-63-69-100(70-64-85)135(97-53-37-26-38-54-97,98-55-39-27-40-56-98)99-57-41-28-42-58-99)65-72-115(112)133(117)122-101(86-45-29-22-30-46-86)75-91(76-102(122)87-47-31-23-32-48-87)119-107(127(10,11)12)59-43-60-108(119)128(13,14)15/h22-84H,1-21H3. The predicted molar refractivity (Wildman–Crippen MR) is 587 cm³/mol. The molecule has 0 fully saturated rings. The minimum atomic E-state index is -2.94. The summed E-state index contributed by atoms with van der Waals surface area (Å²) in [5.74, 6) is 0. The summed E-state index contributed by atoms with van der Waals surface area (Å²) in [5.41, 5.74) is 37.9. The van der Waals surface area contributed by atoms with Crippen molar-refractivity contribution in [1.29, 1.82) is 0 Å². The van der Waals surface area contributed by atoms with E-state index >= 15 is 0 Å². The lowest BCUT2D eigenvalue weighted by atomic mass is 9.33. The van der Waals surface area contributed by atoms with E-state index in [-0.39, 0.29) is 39.2 Å². The topological polar surface area (TPSA) is 11.4 Å². The van der Waals surface area contributed by atoms with E-state index in [4.69, 9.17) is 0 Å². The zero-order valence-corrected chi connectivity index (χ0v) is 83.8. The van der Waals surface area contributed by atoms with Crippen molar-refractivity contribution in [3.05, 3.63) is 421 Å². The van der Waals surface area contributed by atoms with Crippen molar-refractivity contribution in [1.82, 2.24) is 4.57 Å². The number of hydrogen-bond acceptors (Lipinski definition) is 2. The Balaban J connectivity index is 0.966. The molecule has 20 rings (SSSR count). The molecule has 668 valence electrons. The average Bonchev–Trinajstić information content (AvgIpc) is 0.932. The summed E-state index contributed by atoms with van der Waals surface area (Å²) < 4.78 is 2.60. The van der Waals surface area contributed by atoms with Gasteiger partial charge >= 0.3 is 0 Å². The van der Waals surface area contributed by atoms with Gasteiger partial charge in [0.25, 0.3) is 6.71 Å². The van der Waals surface area contributed by atoms with E-state index in [1.54, 1.807) is 0 Å². The van der Waals surface area contributed by atoms with Gasteiger partial charge in [-0.25, -0.2) is 0 Å². The van der Waals surface area contributed by atoms with E-state index in [0.29, 0.717) is 0 Å². The maximum Gasteiger partial charge on any atom is 0.252 e. The highest BCUT2D eigenvalue weighted by atomic mass is 28.3. The minimum Gasteiger partial charge on any atom is -0.310 e. The third-order valence-corrected chi connectivity index (χ3v) is 33.7. The molecular formula is C130H126BN3Si. The van der Waals surface area contributed by atoms with Crippen LogP contribution in [0.25, 0.3) is 105 Å². The van der Waals surface area contributed by atoms with E-state index in [0.717, 1.165) is 95.4 Å². The van der Waals surface area contributed by atoms with E-state index in [9.17, 15) is 0 Å². The molecule has 0 N–H and O–H groups in total. The van der Waals surface area contributed by atoms with Gasteiger partial charge < -0.3 is 14.4 Å². The van der Waals surface area contributed by atoms with Crippen molar-refractivity contribution in [2.45, 2.75) is 183 Å². The maximum absolute atomic E-state index is 2.94. The van der Waals surface area contributed by atoms with Gasteiger partial charge in [-0.1, -0.05) is 449 Å². The molecule has 0 spiro atoms. The summed E-state index contributed by atoms with van der Waals surface area (Å²) >= 11 is 0. The number of fused-ring (bicyclic) bond motifs is 7. The largest absolute Gasteiger partial charge is 0.310 e. The van der Waals surface area contributed by atoms with Crippen molar-refractivity contribution in [3.8, 4) is 83.6 Å². The van der Waals surface area contributed by atoms with Crippen molar-refractivity contribution < 1.29 is 0 Å². The molecule has 2 aliphatic heterocycles. The van der Waals surface area contributed by atoms with Crippen LogP contribution in [0.1, 0.15) is 184 Å². The first-order chi connectivity index (χ1) is 64.4. The van der Waals surface area contributed by atoms with Gasteiger partial charge in [0.15, 0.2) is 8.07 Å². The number of rotatable bonds is 14. The normalized spacial score (nSPS) is 13.2. The van der Waals surface area contributed by atoms with Crippen LogP contribution < -0.4 is 46.9 Å². The Morgan fingerprint density at radius 3 is 0.881 bits per heavy atom. The lowest BCUT2D eigenvalue weighted by Crippen LogP contribution is -2.74. The molecule has 0 aliphatic carbocycles. The Hall–Kier alpha value is -13.6. The van der Waals surface area contributed by atoms with Crippen molar-refractivity contribution >= 4 is 108 Å². The molecule has 5 heteroatoms. The first-order valence-corrected chi connectivity index (χ1v) is 50.7. The molecule has 0 bridgehead atoms. The fourth-order valence-corrected chi connectivity index (χ4v) is 26.8. The van der Waals surface area contributed by atoms with E-state index in [2.05, 4.69) is 542 Å². The van der Waals surface area contributed by atoms with E-state index < -0.39 is 13.5 Å². The molecule has 18 aromatic rings. The molecule has 0 saturated heterocycles. The summed E-state index contributed by atoms with van der Waals surface area (Å²) in [6.45, 7) is 49.7. The molecule has 0 saturated carbocycles. The van der Waals surface area contributed by atoms with Gasteiger partial charge in [0.1, 0.15) is 0 Å². The Bertz CT molecular complexity index is 7220. The number of nitrogens with zero attached hydrogens (tertiary/aromatic N) is 3. The third-order valence-electron chi connectivity index (χ3n) is 28.9. The second-order valence-corrected chi connectivity index (χ2v) is 49.1. The average molecular weight is 1770 g/mol. The number of hydrogen-bond donors (Lipinski definition) is 0. The number of aromatic nitrogens is 1. The van der Waals surface area contributed by atoms with Crippen molar-refractivity contribution in [2.24, 2.45) is 0 Å². The Morgan fingerprint density at radius 1 is 0.215 bits per heavy atom. The van der Waals surface area contributed by atoms with Crippen LogP contribution in [-0.4, -0.2) is 19.4 Å². The summed E-state index contributed by atoms with van der Waals surface area (Å²) in [7, 11) is -2.94. The van der Waals surface area contributed by atoms with Crippen LogP contribution in [-0.2, 0) is 37.9 Å². The van der Waals surface area contributed by atoms with Crippen LogP contribution in [0.4, 0.5) is 34.1 Å². The molecule has 0 unspecified atom stereocenters. The van der Waals surface area contributed by atoms with Gasteiger partial charge in [-0.15, -0.1) is 0 Å². The molecule has 0 radical (unpaired) electrons. The van der Waals surface area contributed by atoms with E-state index in [1.165, 1.54) is 120 Å². The molecule has 2 aliphatic rings. The molecule has 1 aromatic heterocycles. The second-order valence-electron chi connectivity index (χ2n) is 45.3. The highest BCUT2D eigenvalue weighted by Gasteiger charge is 2.48. The number of anilines is 6. The Morgan fingerprint density at radius 2 is 0.541 bits per heavy atom. The van der Waals surface area contributed by atoms with Crippen LogP contribution in [0.5, 0.6) is 0 Å².